The van der Waals surface area contributed by atoms with Crippen molar-refractivity contribution in [3.05, 3.63) is 23.6 Å². The number of alkyl halides is 2. The molecule has 1 N–H and O–H groups in total. The van der Waals surface area contributed by atoms with E-state index in [1.807, 2.05) is 0 Å². The summed E-state index contributed by atoms with van der Waals surface area (Å²) in [6, 6.07) is 0. The number of halogens is 3. The van der Waals surface area contributed by atoms with Crippen molar-refractivity contribution in [1.82, 2.24) is 0 Å². The highest BCUT2D eigenvalue weighted by Gasteiger charge is 2.78. The molecule has 8 nitrogen and oxygen atoms in total. The van der Waals surface area contributed by atoms with Gasteiger partial charge in [0.1, 0.15) is 11.9 Å². The van der Waals surface area contributed by atoms with Crippen LogP contribution in [0.4, 0.5) is 18.0 Å². The second-order valence-electron chi connectivity index (χ2n) is 12.9. The molecule has 0 aromatic rings. The minimum atomic E-state index is -2.38. The summed E-state index contributed by atoms with van der Waals surface area (Å²) in [5, 5.41) is 11.6. The normalized spacial score (nSPS) is 45.4. The highest BCUT2D eigenvalue weighted by Crippen LogP contribution is 2.71. The van der Waals surface area contributed by atoms with Gasteiger partial charge in [-0.15, -0.1) is 0 Å². The Hall–Kier alpha value is -2.40. The summed E-state index contributed by atoms with van der Waals surface area (Å²) in [7, 11) is 1.51. The van der Waals surface area contributed by atoms with Crippen LogP contribution in [0.2, 0.25) is 0 Å². The molecule has 0 bridgehead atoms. The first-order valence-electron chi connectivity index (χ1n) is 14.4. The van der Waals surface area contributed by atoms with Crippen molar-refractivity contribution in [2.24, 2.45) is 28.6 Å². The predicted molar refractivity (Wildman–Crippen MR) is 138 cm³/mol. The van der Waals surface area contributed by atoms with E-state index in [0.717, 1.165) is 12.8 Å². The minimum Gasteiger partial charge on any atom is -0.431 e. The van der Waals surface area contributed by atoms with E-state index in [2.05, 4.69) is 0 Å². The molecule has 0 aliphatic heterocycles. The Balaban J connectivity index is 1.55. The molecule has 41 heavy (non-hydrogen) atoms. The first-order chi connectivity index (χ1) is 19.3. The third-order valence-electron chi connectivity index (χ3n) is 11.1. The Kier molecular flexibility index (Phi) is 7.63. The number of esters is 1. The molecule has 3 fully saturated rings. The number of ketones is 1. The fourth-order valence-corrected chi connectivity index (χ4v) is 9.09. The summed E-state index contributed by atoms with van der Waals surface area (Å²) in [6.07, 6.45) is 0.624. The van der Waals surface area contributed by atoms with Gasteiger partial charge in [-0.3, -0.25) is 4.79 Å². The van der Waals surface area contributed by atoms with E-state index >= 15 is 8.78 Å². The number of rotatable bonds is 5. The van der Waals surface area contributed by atoms with Crippen LogP contribution in [0.1, 0.15) is 72.1 Å². The van der Waals surface area contributed by atoms with E-state index in [1.165, 1.54) is 26.2 Å². The smallest absolute Gasteiger partial charge is 0.431 e. The zero-order valence-corrected chi connectivity index (χ0v) is 23.9. The maximum absolute atomic E-state index is 17.5. The van der Waals surface area contributed by atoms with Gasteiger partial charge >= 0.3 is 12.1 Å². The first-order valence-corrected chi connectivity index (χ1v) is 14.4. The average molecular weight is 585 g/mol. The summed E-state index contributed by atoms with van der Waals surface area (Å²) in [4.78, 5) is 39.0. The lowest BCUT2D eigenvalue weighted by atomic mass is 9.45. The Morgan fingerprint density at radius 2 is 1.83 bits per heavy atom. The van der Waals surface area contributed by atoms with Crippen LogP contribution in [0.3, 0.4) is 0 Å². The van der Waals surface area contributed by atoms with Crippen LogP contribution in [-0.2, 0) is 28.5 Å². The molecule has 3 saturated carbocycles. The van der Waals surface area contributed by atoms with Gasteiger partial charge in [-0.25, -0.2) is 22.8 Å². The number of carbonyl (C=O) groups excluding carboxylic acids is 3. The largest absolute Gasteiger partial charge is 0.509 e. The van der Waals surface area contributed by atoms with Crippen LogP contribution in [0, 0.1) is 28.6 Å². The third kappa shape index (κ3) is 4.12. The number of carbonyl (C=O) groups is 3. The number of allylic oxidation sites excluding steroid dienone is 4. The molecule has 0 unspecified atom stereocenters. The Morgan fingerprint density at radius 3 is 2.49 bits per heavy atom. The summed E-state index contributed by atoms with van der Waals surface area (Å²) in [6.45, 7) is 3.19. The fraction of sp³-hybridized carbons (Fsp3) is 0.767. The highest BCUT2D eigenvalue weighted by atomic mass is 19.1. The summed E-state index contributed by atoms with van der Waals surface area (Å²) in [5.41, 5.74) is -7.57. The molecule has 0 radical (unpaired) electrons. The second-order valence-corrected chi connectivity index (χ2v) is 12.9. The Labute approximate surface area is 237 Å². The average Bonchev–Trinajstić information content (AvgIpc) is 3.14. The van der Waals surface area contributed by atoms with Crippen LogP contribution in [0.25, 0.3) is 0 Å². The van der Waals surface area contributed by atoms with Gasteiger partial charge in [-0.05, 0) is 56.6 Å². The number of methoxy groups -OCH3 is 1. The number of aliphatic hydroxyl groups is 1. The number of hydrogen-bond acceptors (Lipinski definition) is 8. The van der Waals surface area contributed by atoms with Gasteiger partial charge in [0.15, 0.2) is 11.5 Å². The third-order valence-corrected chi connectivity index (χ3v) is 11.1. The lowest BCUT2D eigenvalue weighted by Crippen LogP contribution is -2.70. The monoisotopic (exact) mass is 584 g/mol. The molecule has 10 atom stereocenters. The van der Waals surface area contributed by atoms with Crippen molar-refractivity contribution < 1.29 is 51.6 Å². The van der Waals surface area contributed by atoms with E-state index in [-0.39, 0.29) is 36.7 Å². The molecule has 0 heterocycles. The number of fused-ring (bicyclic) bond motifs is 5. The summed E-state index contributed by atoms with van der Waals surface area (Å²) in [5.74, 6) is -4.87. The van der Waals surface area contributed by atoms with E-state index in [4.69, 9.17) is 18.9 Å². The van der Waals surface area contributed by atoms with E-state index in [1.54, 1.807) is 13.8 Å². The van der Waals surface area contributed by atoms with Gasteiger partial charge in [0.2, 0.25) is 12.5 Å². The van der Waals surface area contributed by atoms with Crippen molar-refractivity contribution in [2.45, 2.75) is 102 Å². The SMILES string of the molecule is CO[C@@H]1CCCC[C@H]1OC(=O)O[C@]1(C(=O)OCF)[C@H](C)C[C@H]2[C@@H]3CC(F)=C4CC(=O)C=C[C@]4(C)[C@@]3(F)[C@@H](O)C[C@@]21C. The number of ether oxygens (including phenoxy) is 4. The van der Waals surface area contributed by atoms with Crippen molar-refractivity contribution in [3.8, 4) is 0 Å². The van der Waals surface area contributed by atoms with Crippen LogP contribution < -0.4 is 0 Å². The molecular weight excluding hydrogens is 545 g/mol. The van der Waals surface area contributed by atoms with Crippen molar-refractivity contribution in [1.29, 1.82) is 0 Å². The van der Waals surface area contributed by atoms with Gasteiger partial charge in [-0.2, -0.15) is 0 Å². The van der Waals surface area contributed by atoms with Gasteiger partial charge in [0.05, 0.1) is 12.2 Å². The molecule has 5 rings (SSSR count). The summed E-state index contributed by atoms with van der Waals surface area (Å²) < 4.78 is 68.4. The standard InChI is InChI=1S/C30H39F3O8/c1-16-11-18-19-13-21(32)20-12-17(34)9-10-27(20,2)29(19,33)24(35)14-28(18,3)30(16,25(36)39-15-31)41-26(37)40-23-8-6-5-7-22(23)38-4/h9-10,16,18-19,22-24,35H,5-8,11-15H2,1-4H3/t16-,18+,19+,22-,23-,24+,27+,28+,29+,30+/m1/s1. The quantitative estimate of drug-likeness (QED) is 0.439. The molecular formula is C30H39F3O8. The maximum Gasteiger partial charge on any atom is 0.509 e. The predicted octanol–water partition coefficient (Wildman–Crippen LogP) is 5.22. The van der Waals surface area contributed by atoms with E-state index in [9.17, 15) is 23.9 Å². The van der Waals surface area contributed by atoms with Gasteiger partial charge in [-0.1, -0.05) is 26.3 Å². The summed E-state index contributed by atoms with van der Waals surface area (Å²) >= 11 is 0. The zero-order chi connectivity index (χ0) is 30.0. The topological polar surface area (TPSA) is 108 Å². The lowest BCUT2D eigenvalue weighted by molar-refractivity contribution is -0.231. The van der Waals surface area contributed by atoms with Crippen molar-refractivity contribution in [2.75, 3.05) is 14.0 Å². The van der Waals surface area contributed by atoms with Gasteiger partial charge in [0.25, 0.3) is 0 Å². The molecule has 0 saturated heterocycles. The molecule has 0 amide bonds. The van der Waals surface area contributed by atoms with Crippen molar-refractivity contribution >= 4 is 17.9 Å². The van der Waals surface area contributed by atoms with E-state index < -0.39 is 83.3 Å². The van der Waals surface area contributed by atoms with Crippen LogP contribution in [0.15, 0.2) is 23.6 Å². The molecule has 5 aliphatic rings. The van der Waals surface area contributed by atoms with Gasteiger partial charge in [0, 0.05) is 42.6 Å². The molecule has 11 heteroatoms. The minimum absolute atomic E-state index is 0.0144. The Bertz CT molecular complexity index is 1170. The Morgan fingerprint density at radius 1 is 1.15 bits per heavy atom. The molecule has 5 aliphatic carbocycles. The van der Waals surface area contributed by atoms with Gasteiger partial charge < -0.3 is 24.1 Å². The molecule has 0 spiro atoms. The lowest BCUT2D eigenvalue weighted by Gasteiger charge is -2.62. The molecule has 228 valence electrons. The molecule has 0 aromatic carbocycles. The van der Waals surface area contributed by atoms with Crippen LogP contribution >= 0.6 is 0 Å². The first kappa shape index (κ1) is 30.1. The highest BCUT2D eigenvalue weighted by molar-refractivity contribution is 5.93. The molecule has 0 aromatic heterocycles. The van der Waals surface area contributed by atoms with E-state index in [0.29, 0.717) is 12.8 Å². The zero-order valence-electron chi connectivity index (χ0n) is 23.9. The number of aliphatic hydroxyl groups excluding tert-OH is 1. The second kappa shape index (κ2) is 10.4. The maximum atomic E-state index is 17.5. The number of hydrogen-bond donors (Lipinski definition) is 1. The fourth-order valence-electron chi connectivity index (χ4n) is 9.09. The van der Waals surface area contributed by atoms with Crippen LogP contribution in [-0.4, -0.2) is 66.6 Å². The van der Waals surface area contributed by atoms with Crippen molar-refractivity contribution in [3.63, 3.8) is 0 Å². The van der Waals surface area contributed by atoms with Crippen LogP contribution in [0.5, 0.6) is 0 Å².